The van der Waals surface area contributed by atoms with E-state index in [0.717, 1.165) is 16.7 Å². The van der Waals surface area contributed by atoms with Crippen molar-refractivity contribution in [3.05, 3.63) is 35.5 Å². The number of aromatic nitrogens is 1. The molecule has 110 valence electrons. The maximum absolute atomic E-state index is 11.9. The van der Waals surface area contributed by atoms with Crippen LogP contribution in [0.25, 0.3) is 16.7 Å². The van der Waals surface area contributed by atoms with E-state index in [1.54, 1.807) is 14.0 Å². The smallest absolute Gasteiger partial charge is 0.337 e. The summed E-state index contributed by atoms with van der Waals surface area (Å²) >= 11 is 0. The second kappa shape index (κ2) is 5.16. The Bertz CT molecular complexity index is 742. The molecule has 21 heavy (non-hydrogen) atoms. The average Bonchev–Trinajstić information content (AvgIpc) is 2.86. The lowest BCUT2D eigenvalue weighted by atomic mass is 10.1. The van der Waals surface area contributed by atoms with Crippen LogP contribution < -0.4 is 4.74 Å². The summed E-state index contributed by atoms with van der Waals surface area (Å²) in [6.07, 6.45) is 0.466. The number of nitrogens with zero attached hydrogens (tertiary/aromatic N) is 1. The SMILES string of the molecule is CCOC(=O)C1=C(O)c2cc3cc(OC)ccc3n2CC1. The van der Waals surface area contributed by atoms with Gasteiger partial charge in [-0.1, -0.05) is 0 Å². The van der Waals surface area contributed by atoms with Gasteiger partial charge in [0.1, 0.15) is 11.5 Å². The van der Waals surface area contributed by atoms with Gasteiger partial charge in [0.2, 0.25) is 0 Å². The van der Waals surface area contributed by atoms with Crippen molar-refractivity contribution >= 4 is 22.6 Å². The van der Waals surface area contributed by atoms with Crippen molar-refractivity contribution in [2.24, 2.45) is 0 Å². The van der Waals surface area contributed by atoms with Crippen LogP contribution in [0.4, 0.5) is 0 Å². The average molecular weight is 287 g/mol. The molecule has 1 N–H and O–H groups in total. The van der Waals surface area contributed by atoms with Crippen molar-refractivity contribution in [2.75, 3.05) is 13.7 Å². The van der Waals surface area contributed by atoms with Gasteiger partial charge in [-0.3, -0.25) is 0 Å². The summed E-state index contributed by atoms with van der Waals surface area (Å²) in [6.45, 7) is 2.70. The highest BCUT2D eigenvalue weighted by molar-refractivity contribution is 5.98. The Morgan fingerprint density at radius 2 is 2.19 bits per heavy atom. The lowest BCUT2D eigenvalue weighted by Crippen LogP contribution is -2.18. The number of fused-ring (bicyclic) bond motifs is 3. The molecule has 0 fully saturated rings. The summed E-state index contributed by atoms with van der Waals surface area (Å²) in [7, 11) is 1.62. The zero-order valence-electron chi connectivity index (χ0n) is 12.0. The number of carbonyl (C=O) groups excluding carboxylic acids is 1. The molecule has 2 aromatic rings. The molecule has 1 aliphatic rings. The minimum atomic E-state index is -0.441. The molecule has 0 spiro atoms. The van der Waals surface area contributed by atoms with Gasteiger partial charge in [0.25, 0.3) is 0 Å². The number of aliphatic hydroxyl groups is 1. The zero-order valence-corrected chi connectivity index (χ0v) is 12.0. The lowest BCUT2D eigenvalue weighted by Gasteiger charge is -2.19. The molecule has 2 heterocycles. The molecule has 1 aromatic carbocycles. The maximum Gasteiger partial charge on any atom is 0.337 e. The number of aliphatic hydroxyl groups excluding tert-OH is 1. The third-order valence-electron chi connectivity index (χ3n) is 3.74. The lowest BCUT2D eigenvalue weighted by molar-refractivity contribution is -0.138. The first kappa shape index (κ1) is 13.5. The highest BCUT2D eigenvalue weighted by Crippen LogP contribution is 2.33. The van der Waals surface area contributed by atoms with Gasteiger partial charge in [-0.15, -0.1) is 0 Å². The summed E-state index contributed by atoms with van der Waals surface area (Å²) in [4.78, 5) is 11.9. The third kappa shape index (κ3) is 2.14. The number of aryl methyl sites for hydroxylation is 1. The monoisotopic (exact) mass is 287 g/mol. The number of methoxy groups -OCH3 is 1. The summed E-state index contributed by atoms with van der Waals surface area (Å²) in [6, 6.07) is 7.63. The van der Waals surface area contributed by atoms with E-state index < -0.39 is 5.97 Å². The number of rotatable bonds is 3. The van der Waals surface area contributed by atoms with Crippen LogP contribution >= 0.6 is 0 Å². The topological polar surface area (TPSA) is 60.7 Å². The fourth-order valence-corrected chi connectivity index (χ4v) is 2.73. The fraction of sp³-hybridized carbons (Fsp3) is 0.312. The number of ether oxygens (including phenoxy) is 2. The Morgan fingerprint density at radius 3 is 2.90 bits per heavy atom. The number of hydrogen-bond donors (Lipinski definition) is 1. The number of carbonyl (C=O) groups is 1. The maximum atomic E-state index is 11.9. The second-order valence-corrected chi connectivity index (χ2v) is 4.90. The molecule has 0 unspecified atom stereocenters. The number of esters is 1. The predicted octanol–water partition coefficient (Wildman–Crippen LogP) is 2.89. The molecule has 0 amide bonds. The first-order valence-corrected chi connectivity index (χ1v) is 6.92. The van der Waals surface area contributed by atoms with Crippen LogP contribution in [0.2, 0.25) is 0 Å². The van der Waals surface area contributed by atoms with Gasteiger partial charge in [0, 0.05) is 23.9 Å². The minimum Gasteiger partial charge on any atom is -0.505 e. The van der Waals surface area contributed by atoms with E-state index in [9.17, 15) is 9.90 Å². The Labute approximate surface area is 122 Å². The van der Waals surface area contributed by atoms with E-state index in [2.05, 4.69) is 0 Å². The van der Waals surface area contributed by atoms with E-state index in [4.69, 9.17) is 9.47 Å². The van der Waals surface area contributed by atoms with Crippen molar-refractivity contribution in [1.29, 1.82) is 0 Å². The van der Waals surface area contributed by atoms with Crippen LogP contribution in [0.1, 0.15) is 19.0 Å². The Hall–Kier alpha value is -2.43. The van der Waals surface area contributed by atoms with Crippen molar-refractivity contribution in [2.45, 2.75) is 19.9 Å². The van der Waals surface area contributed by atoms with Gasteiger partial charge in [-0.05, 0) is 31.2 Å². The van der Waals surface area contributed by atoms with Gasteiger partial charge >= 0.3 is 5.97 Å². The minimum absolute atomic E-state index is 0.00914. The van der Waals surface area contributed by atoms with Crippen LogP contribution in [-0.4, -0.2) is 29.4 Å². The molecule has 0 aliphatic carbocycles. The standard InChI is InChI=1S/C16H17NO4/c1-3-21-16(19)12-6-7-17-13-5-4-11(20-2)8-10(13)9-14(17)15(12)18/h4-5,8-9,18H,3,6-7H2,1-2H3. The quantitative estimate of drug-likeness (QED) is 0.882. The summed E-state index contributed by atoms with van der Waals surface area (Å²) in [5, 5.41) is 11.3. The van der Waals surface area contributed by atoms with Gasteiger partial charge in [-0.2, -0.15) is 0 Å². The van der Waals surface area contributed by atoms with Gasteiger partial charge in [-0.25, -0.2) is 4.79 Å². The van der Waals surface area contributed by atoms with E-state index in [1.807, 2.05) is 28.8 Å². The van der Waals surface area contributed by atoms with Gasteiger partial charge in [0.05, 0.1) is 25.0 Å². The summed E-state index contributed by atoms with van der Waals surface area (Å²) < 4.78 is 12.2. The Kier molecular flexibility index (Phi) is 3.33. The van der Waals surface area contributed by atoms with Crippen LogP contribution in [0, 0.1) is 0 Å². The molecule has 1 aromatic heterocycles. The third-order valence-corrected chi connectivity index (χ3v) is 3.74. The normalized spacial score (nSPS) is 14.2. The van der Waals surface area contributed by atoms with Crippen molar-refractivity contribution in [3.8, 4) is 5.75 Å². The number of hydrogen-bond acceptors (Lipinski definition) is 4. The van der Waals surface area contributed by atoms with E-state index in [1.165, 1.54) is 0 Å². The predicted molar refractivity (Wildman–Crippen MR) is 79.3 cm³/mol. The van der Waals surface area contributed by atoms with Crippen molar-refractivity contribution in [3.63, 3.8) is 0 Å². The molecule has 0 bridgehead atoms. The highest BCUT2D eigenvalue weighted by atomic mass is 16.5. The first-order valence-electron chi connectivity index (χ1n) is 6.92. The largest absolute Gasteiger partial charge is 0.505 e. The molecule has 0 saturated carbocycles. The fourth-order valence-electron chi connectivity index (χ4n) is 2.73. The summed E-state index contributed by atoms with van der Waals surface area (Å²) in [5.74, 6) is 0.332. The van der Waals surface area contributed by atoms with E-state index >= 15 is 0 Å². The molecular formula is C16H17NO4. The Balaban J connectivity index is 2.11. The number of benzene rings is 1. The zero-order chi connectivity index (χ0) is 15.0. The van der Waals surface area contributed by atoms with E-state index in [-0.39, 0.29) is 5.76 Å². The molecule has 3 rings (SSSR count). The highest BCUT2D eigenvalue weighted by Gasteiger charge is 2.25. The van der Waals surface area contributed by atoms with Crippen molar-refractivity contribution < 1.29 is 19.4 Å². The van der Waals surface area contributed by atoms with E-state index in [0.29, 0.717) is 30.8 Å². The molecule has 5 heteroatoms. The van der Waals surface area contributed by atoms with Crippen LogP contribution in [-0.2, 0) is 16.1 Å². The first-order chi connectivity index (χ1) is 10.2. The van der Waals surface area contributed by atoms with Crippen LogP contribution in [0.5, 0.6) is 5.75 Å². The van der Waals surface area contributed by atoms with Gasteiger partial charge in [0.15, 0.2) is 0 Å². The van der Waals surface area contributed by atoms with Gasteiger partial charge < -0.3 is 19.1 Å². The molecule has 0 saturated heterocycles. The second-order valence-electron chi connectivity index (χ2n) is 4.90. The van der Waals surface area contributed by atoms with Crippen LogP contribution in [0.15, 0.2) is 29.8 Å². The van der Waals surface area contributed by atoms with Crippen molar-refractivity contribution in [1.82, 2.24) is 4.57 Å². The molecule has 0 atom stereocenters. The molecule has 1 aliphatic heterocycles. The molecule has 5 nitrogen and oxygen atoms in total. The molecule has 0 radical (unpaired) electrons. The summed E-state index contributed by atoms with van der Waals surface area (Å²) in [5.41, 5.74) is 2.01. The molecular weight excluding hydrogens is 270 g/mol. The Morgan fingerprint density at radius 1 is 1.38 bits per heavy atom. The van der Waals surface area contributed by atoms with Crippen LogP contribution in [0.3, 0.4) is 0 Å².